The Kier molecular flexibility index (Phi) is 1.91. The average molecular weight is 202 g/mol. The van der Waals surface area contributed by atoms with Gasteiger partial charge in [0.2, 0.25) is 0 Å². The minimum atomic E-state index is 0.934. The zero-order chi connectivity index (χ0) is 11.0. The van der Waals surface area contributed by atoms with Crippen LogP contribution in [0.5, 0.6) is 0 Å². The van der Waals surface area contributed by atoms with Crippen LogP contribution in [0.3, 0.4) is 0 Å². The maximum atomic E-state index is 5.43. The standard InChI is InChI=1S/C16H10/c1-2-12-7-8-14-10-9-13-5-3-4-6-15(13)16(14)11-12/h1,3-11H. The highest BCUT2D eigenvalue weighted by molar-refractivity contribution is 6.07. The fourth-order valence-corrected chi connectivity index (χ4v) is 2.09. The molecule has 0 saturated heterocycles. The predicted molar refractivity (Wildman–Crippen MR) is 69.4 cm³/mol. The minimum Gasteiger partial charge on any atom is -0.115 e. The highest BCUT2D eigenvalue weighted by atomic mass is 14.0. The maximum absolute atomic E-state index is 5.43. The van der Waals surface area contributed by atoms with Crippen molar-refractivity contribution in [3.63, 3.8) is 0 Å². The Bertz CT molecular complexity index is 715. The lowest BCUT2D eigenvalue weighted by atomic mass is 10.0. The summed E-state index contributed by atoms with van der Waals surface area (Å²) in [6, 6.07) is 18.8. The van der Waals surface area contributed by atoms with Crippen LogP contribution in [-0.4, -0.2) is 0 Å². The van der Waals surface area contributed by atoms with E-state index in [1.807, 2.05) is 6.07 Å². The Hall–Kier alpha value is -2.26. The highest BCUT2D eigenvalue weighted by Gasteiger charge is 1.99. The monoisotopic (exact) mass is 202 g/mol. The van der Waals surface area contributed by atoms with Gasteiger partial charge in [0, 0.05) is 5.56 Å². The lowest BCUT2D eigenvalue weighted by Gasteiger charge is -2.04. The molecule has 0 N–H and O–H groups in total. The number of rotatable bonds is 0. The molecule has 0 radical (unpaired) electrons. The smallest absolute Gasteiger partial charge is 0.0249 e. The molecule has 0 nitrogen and oxygen atoms in total. The number of fused-ring (bicyclic) bond motifs is 3. The summed E-state index contributed by atoms with van der Waals surface area (Å²) in [5.74, 6) is 2.68. The van der Waals surface area contributed by atoms with Gasteiger partial charge in [-0.25, -0.2) is 0 Å². The van der Waals surface area contributed by atoms with Gasteiger partial charge in [-0.3, -0.25) is 0 Å². The van der Waals surface area contributed by atoms with Crippen LogP contribution in [0, 0.1) is 12.3 Å². The molecule has 0 fully saturated rings. The van der Waals surface area contributed by atoms with Gasteiger partial charge >= 0.3 is 0 Å². The molecule has 0 bridgehead atoms. The van der Waals surface area contributed by atoms with Crippen LogP contribution in [0.1, 0.15) is 5.56 Å². The van der Waals surface area contributed by atoms with E-state index in [1.54, 1.807) is 0 Å². The van der Waals surface area contributed by atoms with Gasteiger partial charge in [-0.05, 0) is 33.7 Å². The summed E-state index contributed by atoms with van der Waals surface area (Å²) in [5.41, 5.74) is 0.934. The second kappa shape index (κ2) is 3.40. The molecule has 3 rings (SSSR count). The number of terminal acetylenes is 1. The Morgan fingerprint density at radius 1 is 0.750 bits per heavy atom. The lowest BCUT2D eigenvalue weighted by Crippen LogP contribution is -1.79. The summed E-state index contributed by atoms with van der Waals surface area (Å²) in [5, 5.41) is 4.98. The molecular weight excluding hydrogens is 192 g/mol. The molecule has 0 aromatic heterocycles. The van der Waals surface area contributed by atoms with Crippen molar-refractivity contribution in [1.29, 1.82) is 0 Å². The summed E-state index contributed by atoms with van der Waals surface area (Å²) in [7, 11) is 0. The molecule has 0 aliphatic rings. The van der Waals surface area contributed by atoms with E-state index >= 15 is 0 Å². The Balaban J connectivity index is 2.53. The molecule has 0 spiro atoms. The Morgan fingerprint density at radius 2 is 1.44 bits per heavy atom. The molecule has 0 aliphatic carbocycles. The fourth-order valence-electron chi connectivity index (χ4n) is 2.09. The van der Waals surface area contributed by atoms with Gasteiger partial charge in [-0.15, -0.1) is 6.42 Å². The quantitative estimate of drug-likeness (QED) is 0.382. The Labute approximate surface area is 94.5 Å². The molecule has 0 atom stereocenters. The van der Waals surface area contributed by atoms with E-state index in [9.17, 15) is 0 Å². The molecule has 74 valence electrons. The average Bonchev–Trinajstić information content (AvgIpc) is 2.38. The summed E-state index contributed by atoms with van der Waals surface area (Å²) >= 11 is 0. The van der Waals surface area contributed by atoms with Crippen molar-refractivity contribution < 1.29 is 0 Å². The summed E-state index contributed by atoms with van der Waals surface area (Å²) < 4.78 is 0. The van der Waals surface area contributed by atoms with Gasteiger partial charge in [-0.1, -0.05) is 48.4 Å². The summed E-state index contributed by atoms with van der Waals surface area (Å²) in [6.45, 7) is 0. The number of benzene rings is 3. The zero-order valence-corrected chi connectivity index (χ0v) is 8.77. The van der Waals surface area contributed by atoms with Crippen molar-refractivity contribution in [2.45, 2.75) is 0 Å². The molecule has 3 aromatic rings. The molecule has 0 heterocycles. The van der Waals surface area contributed by atoms with Crippen LogP contribution in [0.25, 0.3) is 21.5 Å². The maximum Gasteiger partial charge on any atom is 0.0249 e. The van der Waals surface area contributed by atoms with Crippen LogP contribution in [0.2, 0.25) is 0 Å². The normalized spacial score (nSPS) is 10.4. The van der Waals surface area contributed by atoms with Crippen molar-refractivity contribution in [1.82, 2.24) is 0 Å². The molecule has 0 saturated carbocycles. The molecule has 0 amide bonds. The van der Waals surface area contributed by atoms with Crippen molar-refractivity contribution >= 4 is 21.5 Å². The van der Waals surface area contributed by atoms with Gasteiger partial charge in [0.05, 0.1) is 0 Å². The van der Waals surface area contributed by atoms with E-state index in [2.05, 4.69) is 54.5 Å². The molecular formula is C16H10. The molecule has 0 unspecified atom stereocenters. The second-order valence-electron chi connectivity index (χ2n) is 3.87. The zero-order valence-electron chi connectivity index (χ0n) is 8.77. The van der Waals surface area contributed by atoms with Gasteiger partial charge < -0.3 is 0 Å². The largest absolute Gasteiger partial charge is 0.115 e. The number of hydrogen-bond acceptors (Lipinski definition) is 0. The third-order valence-corrected chi connectivity index (χ3v) is 2.91. The van der Waals surface area contributed by atoms with Crippen molar-refractivity contribution in [3.8, 4) is 12.3 Å². The predicted octanol–water partition coefficient (Wildman–Crippen LogP) is 3.97. The molecule has 0 aliphatic heterocycles. The van der Waals surface area contributed by atoms with Gasteiger partial charge in [0.15, 0.2) is 0 Å². The summed E-state index contributed by atoms with van der Waals surface area (Å²) in [4.78, 5) is 0. The van der Waals surface area contributed by atoms with E-state index in [0.717, 1.165) is 5.56 Å². The lowest BCUT2D eigenvalue weighted by molar-refractivity contribution is 1.72. The van der Waals surface area contributed by atoms with Crippen molar-refractivity contribution in [3.05, 3.63) is 60.2 Å². The third-order valence-electron chi connectivity index (χ3n) is 2.91. The fraction of sp³-hybridized carbons (Fsp3) is 0. The minimum absolute atomic E-state index is 0.934. The SMILES string of the molecule is C#Cc1ccc2ccc3ccccc3c2c1. The Morgan fingerprint density at radius 3 is 2.25 bits per heavy atom. The van der Waals surface area contributed by atoms with Crippen LogP contribution in [-0.2, 0) is 0 Å². The first kappa shape index (κ1) is 9.00. The van der Waals surface area contributed by atoms with Gasteiger partial charge in [0.1, 0.15) is 0 Å². The van der Waals surface area contributed by atoms with Crippen molar-refractivity contribution in [2.75, 3.05) is 0 Å². The molecule has 3 aromatic carbocycles. The van der Waals surface area contributed by atoms with Crippen LogP contribution in [0.4, 0.5) is 0 Å². The van der Waals surface area contributed by atoms with E-state index in [-0.39, 0.29) is 0 Å². The molecule has 0 heteroatoms. The van der Waals surface area contributed by atoms with Crippen molar-refractivity contribution in [2.24, 2.45) is 0 Å². The number of hydrogen-bond donors (Lipinski definition) is 0. The van der Waals surface area contributed by atoms with E-state index in [4.69, 9.17) is 6.42 Å². The van der Waals surface area contributed by atoms with Crippen LogP contribution < -0.4 is 0 Å². The van der Waals surface area contributed by atoms with Gasteiger partial charge in [-0.2, -0.15) is 0 Å². The highest BCUT2D eigenvalue weighted by Crippen LogP contribution is 2.25. The van der Waals surface area contributed by atoms with Crippen LogP contribution >= 0.6 is 0 Å². The first-order valence-electron chi connectivity index (χ1n) is 5.26. The summed E-state index contributed by atoms with van der Waals surface area (Å²) in [6.07, 6.45) is 5.43. The first-order valence-corrected chi connectivity index (χ1v) is 5.26. The third kappa shape index (κ3) is 1.26. The molecule has 16 heavy (non-hydrogen) atoms. The van der Waals surface area contributed by atoms with E-state index in [1.165, 1.54) is 21.5 Å². The topological polar surface area (TPSA) is 0 Å². The van der Waals surface area contributed by atoms with Gasteiger partial charge in [0.25, 0.3) is 0 Å². The van der Waals surface area contributed by atoms with E-state index < -0.39 is 0 Å². The van der Waals surface area contributed by atoms with Crippen LogP contribution in [0.15, 0.2) is 54.6 Å². The first-order chi connectivity index (χ1) is 7.88. The van der Waals surface area contributed by atoms with E-state index in [0.29, 0.717) is 0 Å². The second-order valence-corrected chi connectivity index (χ2v) is 3.87.